The topological polar surface area (TPSA) is 172 Å². The molecule has 0 fully saturated rings. The summed E-state index contributed by atoms with van der Waals surface area (Å²) in [7, 11) is -3.98. The number of halogens is 1. The molecule has 3 N–H and O–H groups in total. The van der Waals surface area contributed by atoms with Crippen LogP contribution in [0, 0.1) is 17.8 Å². The van der Waals surface area contributed by atoms with Crippen molar-refractivity contribution in [2.75, 3.05) is 13.7 Å². The van der Waals surface area contributed by atoms with Gasteiger partial charge in [-0.1, -0.05) is 74.9 Å². The molecular weight excluding hydrogens is 591 g/mol. The SMILES string of the molecule is CC[C@@H]1C=CC(=O)O[C@@H]1[C@H](C)C[C@@H](C)[C@H](C[C@H](O)/C=C/C=C/c1cccc(O)c1Cl)OP(=O)([O-])O[C@@H](COC)C(=O)O. The number of carbonyl (C=O) groups excluding carboxylic acids is 1. The second-order valence-electron chi connectivity index (χ2n) is 10.2. The molecule has 1 aromatic carbocycles. The Labute approximate surface area is 251 Å². The van der Waals surface area contributed by atoms with Gasteiger partial charge in [0.05, 0.1) is 23.8 Å². The Kier molecular flexibility index (Phi) is 14.4. The van der Waals surface area contributed by atoms with Crippen LogP contribution in [0.5, 0.6) is 5.75 Å². The highest BCUT2D eigenvalue weighted by Crippen LogP contribution is 2.44. The Bertz CT molecular complexity index is 1180. The van der Waals surface area contributed by atoms with E-state index in [1.807, 2.05) is 13.8 Å². The van der Waals surface area contributed by atoms with E-state index >= 15 is 0 Å². The minimum Gasteiger partial charge on any atom is -0.756 e. The van der Waals surface area contributed by atoms with Gasteiger partial charge in [-0.05, 0) is 36.3 Å². The quantitative estimate of drug-likeness (QED) is 0.126. The Balaban J connectivity index is 2.20. The first-order valence-electron chi connectivity index (χ1n) is 13.6. The third-order valence-electron chi connectivity index (χ3n) is 6.88. The van der Waals surface area contributed by atoms with Gasteiger partial charge in [0.25, 0.3) is 7.82 Å². The number of benzene rings is 1. The molecule has 234 valence electrons. The van der Waals surface area contributed by atoms with Gasteiger partial charge in [0.2, 0.25) is 0 Å². The van der Waals surface area contributed by atoms with Crippen LogP contribution in [0.2, 0.25) is 5.02 Å². The zero-order valence-electron chi connectivity index (χ0n) is 24.0. The molecule has 13 heteroatoms. The molecule has 0 aliphatic carbocycles. The molecule has 0 saturated carbocycles. The minimum absolute atomic E-state index is 0.0103. The van der Waals surface area contributed by atoms with E-state index in [9.17, 15) is 34.4 Å². The summed E-state index contributed by atoms with van der Waals surface area (Å²) in [6.07, 6.45) is 5.75. The lowest BCUT2D eigenvalue weighted by Gasteiger charge is -2.36. The van der Waals surface area contributed by atoms with Crippen molar-refractivity contribution in [3.63, 3.8) is 0 Å². The van der Waals surface area contributed by atoms with Crippen molar-refractivity contribution in [2.45, 2.75) is 64.4 Å². The number of ether oxygens (including phenoxy) is 2. The number of phenolic OH excluding ortho intramolecular Hbond substituents is 1. The molecule has 11 nitrogen and oxygen atoms in total. The van der Waals surface area contributed by atoms with E-state index in [0.717, 1.165) is 6.42 Å². The Morgan fingerprint density at radius 1 is 1.24 bits per heavy atom. The fourth-order valence-electron chi connectivity index (χ4n) is 4.71. The van der Waals surface area contributed by atoms with E-state index in [4.69, 9.17) is 30.1 Å². The van der Waals surface area contributed by atoms with Crippen molar-refractivity contribution in [2.24, 2.45) is 17.8 Å². The number of carboxylic acid groups (broad SMARTS) is 1. The maximum Gasteiger partial charge on any atom is 0.335 e. The molecule has 0 bridgehead atoms. The smallest absolute Gasteiger partial charge is 0.335 e. The second-order valence-corrected chi connectivity index (χ2v) is 11.9. The van der Waals surface area contributed by atoms with Gasteiger partial charge in [-0.2, -0.15) is 0 Å². The fourth-order valence-corrected chi connectivity index (χ4v) is 6.04. The third-order valence-corrected chi connectivity index (χ3v) is 8.33. The number of aliphatic carboxylic acids is 1. The number of hydrogen-bond donors (Lipinski definition) is 3. The van der Waals surface area contributed by atoms with E-state index in [2.05, 4.69) is 0 Å². The summed E-state index contributed by atoms with van der Waals surface area (Å²) in [4.78, 5) is 36.1. The molecule has 0 radical (unpaired) electrons. The van der Waals surface area contributed by atoms with Crippen LogP contribution in [0.1, 0.15) is 45.6 Å². The first-order valence-corrected chi connectivity index (χ1v) is 15.4. The van der Waals surface area contributed by atoms with E-state index < -0.39 is 56.7 Å². The monoisotopic (exact) mass is 629 g/mol. The average Bonchev–Trinajstić information content (AvgIpc) is 2.92. The number of phosphoric ester groups is 1. The van der Waals surface area contributed by atoms with E-state index in [1.165, 1.54) is 31.4 Å². The number of aromatic hydroxyl groups is 1. The lowest BCUT2D eigenvalue weighted by Crippen LogP contribution is -2.37. The number of carboxylic acids is 1. The number of allylic oxidation sites excluding steroid dienone is 2. The van der Waals surface area contributed by atoms with Gasteiger partial charge in [-0.25, -0.2) is 9.59 Å². The van der Waals surface area contributed by atoms with Crippen LogP contribution in [0.4, 0.5) is 0 Å². The predicted molar refractivity (Wildman–Crippen MR) is 155 cm³/mol. The number of aliphatic hydroxyl groups is 1. The molecule has 0 spiro atoms. The molecule has 2 rings (SSSR count). The molecular formula is C29H39ClO11P-. The number of cyclic esters (lactones) is 1. The van der Waals surface area contributed by atoms with Crippen molar-refractivity contribution in [1.82, 2.24) is 0 Å². The van der Waals surface area contributed by atoms with Crippen molar-refractivity contribution < 1.29 is 52.9 Å². The van der Waals surface area contributed by atoms with Crippen LogP contribution in [-0.4, -0.2) is 65.4 Å². The number of aliphatic hydroxyl groups excluding tert-OH is 1. The number of hydrogen-bond acceptors (Lipinski definition) is 10. The predicted octanol–water partition coefficient (Wildman–Crippen LogP) is 4.51. The van der Waals surface area contributed by atoms with E-state index in [1.54, 1.807) is 37.3 Å². The minimum atomic E-state index is -5.18. The summed E-state index contributed by atoms with van der Waals surface area (Å²) in [6.45, 7) is 5.06. The number of phosphoric acid groups is 1. The van der Waals surface area contributed by atoms with E-state index in [-0.39, 0.29) is 29.0 Å². The first-order chi connectivity index (χ1) is 19.8. The number of rotatable bonds is 17. The Morgan fingerprint density at radius 3 is 2.60 bits per heavy atom. The summed E-state index contributed by atoms with van der Waals surface area (Å²) < 4.78 is 33.2. The second kappa shape index (κ2) is 17.0. The first kappa shape index (κ1) is 35.7. The third kappa shape index (κ3) is 11.3. The molecule has 1 aliphatic rings. The maximum atomic E-state index is 12.8. The normalized spacial score (nSPS) is 22.4. The molecule has 1 heterocycles. The van der Waals surface area contributed by atoms with Crippen LogP contribution in [-0.2, 0) is 32.7 Å². The lowest BCUT2D eigenvalue weighted by atomic mass is 9.81. The Morgan fingerprint density at radius 2 is 1.95 bits per heavy atom. The average molecular weight is 630 g/mol. The summed E-state index contributed by atoms with van der Waals surface area (Å²) in [6, 6.07) is 4.77. The van der Waals surface area contributed by atoms with Crippen molar-refractivity contribution in [3.8, 4) is 5.75 Å². The Hall–Kier alpha value is -2.50. The highest BCUT2D eigenvalue weighted by Gasteiger charge is 2.35. The van der Waals surface area contributed by atoms with Gasteiger partial charge < -0.3 is 38.7 Å². The number of methoxy groups -OCH3 is 1. The molecule has 8 atom stereocenters. The van der Waals surface area contributed by atoms with Crippen LogP contribution in [0.3, 0.4) is 0 Å². The molecule has 1 aromatic rings. The van der Waals surface area contributed by atoms with E-state index in [0.29, 0.717) is 12.0 Å². The standard InChI is InChI=1S/C29H40ClO11P/c1-5-20-13-14-26(33)39-28(20)19(3)15-18(2)24(40-42(36,37)41-25(17-38-4)29(34)35)16-22(31)11-7-6-9-21-10-8-12-23(32)27(21)30/h6-14,18-20,22,24-25,28,31-32H,5,15-17H2,1-4H3,(H,34,35)(H,36,37)/p-1/b9-6+,11-7+/t18-,19-,20-,22-,24+,25+,28-/m1/s1. The molecule has 1 unspecified atom stereocenters. The zero-order chi connectivity index (χ0) is 31.4. The summed E-state index contributed by atoms with van der Waals surface area (Å²) in [5.74, 6) is -2.77. The summed E-state index contributed by atoms with van der Waals surface area (Å²) in [5, 5.41) is 29.9. The van der Waals surface area contributed by atoms with Gasteiger partial charge >= 0.3 is 11.9 Å². The highest BCUT2D eigenvalue weighted by molar-refractivity contribution is 7.45. The molecule has 42 heavy (non-hydrogen) atoms. The lowest BCUT2D eigenvalue weighted by molar-refractivity contribution is -0.238. The maximum absolute atomic E-state index is 12.8. The number of carbonyl (C=O) groups is 2. The summed E-state index contributed by atoms with van der Waals surface area (Å²) >= 11 is 6.06. The molecule has 0 amide bonds. The summed E-state index contributed by atoms with van der Waals surface area (Å²) in [5.41, 5.74) is 0.553. The van der Waals surface area contributed by atoms with Gasteiger partial charge in [0.1, 0.15) is 11.9 Å². The fraction of sp³-hybridized carbons (Fsp3) is 0.517. The number of esters is 1. The number of phenols is 1. The van der Waals surface area contributed by atoms with Crippen molar-refractivity contribution >= 4 is 37.4 Å². The van der Waals surface area contributed by atoms with Gasteiger partial charge in [0, 0.05) is 25.5 Å². The molecule has 1 aliphatic heterocycles. The van der Waals surface area contributed by atoms with Crippen LogP contribution in [0.15, 0.2) is 48.6 Å². The van der Waals surface area contributed by atoms with Crippen molar-refractivity contribution in [1.29, 1.82) is 0 Å². The van der Waals surface area contributed by atoms with Gasteiger partial charge in [-0.3, -0.25) is 4.57 Å². The van der Waals surface area contributed by atoms with Gasteiger partial charge in [-0.15, -0.1) is 0 Å². The highest BCUT2D eigenvalue weighted by atomic mass is 35.5. The van der Waals surface area contributed by atoms with Crippen LogP contribution < -0.4 is 4.89 Å². The van der Waals surface area contributed by atoms with Gasteiger partial charge in [0.15, 0.2) is 6.10 Å². The molecule has 0 saturated heterocycles. The zero-order valence-corrected chi connectivity index (χ0v) is 25.6. The molecule has 0 aromatic heterocycles. The van der Waals surface area contributed by atoms with Crippen LogP contribution >= 0.6 is 19.4 Å². The van der Waals surface area contributed by atoms with Crippen LogP contribution in [0.25, 0.3) is 6.08 Å². The van der Waals surface area contributed by atoms with Crippen molar-refractivity contribution in [3.05, 3.63) is 59.2 Å². The largest absolute Gasteiger partial charge is 0.756 e.